The standard InChI is InChI=1S/C13H24N2O/c14-12-7-6-11(10-12)13(16)15-8-4-2-1-3-5-9-15/h11-12H,1-10,14H2. The first-order chi connectivity index (χ1) is 7.77. The highest BCUT2D eigenvalue weighted by atomic mass is 16.2. The van der Waals surface area contributed by atoms with Gasteiger partial charge < -0.3 is 10.6 Å². The molecule has 2 fully saturated rings. The number of carbonyl (C=O) groups excluding carboxylic acids is 1. The lowest BCUT2D eigenvalue weighted by molar-refractivity contribution is -0.135. The molecule has 2 rings (SSSR count). The Bertz CT molecular complexity index is 234. The number of nitrogens with zero attached hydrogens (tertiary/aromatic N) is 1. The summed E-state index contributed by atoms with van der Waals surface area (Å²) < 4.78 is 0. The lowest BCUT2D eigenvalue weighted by Gasteiger charge is -2.27. The maximum atomic E-state index is 12.3. The average Bonchev–Trinajstić information content (AvgIpc) is 2.63. The van der Waals surface area contributed by atoms with Crippen LogP contribution >= 0.6 is 0 Å². The highest BCUT2D eigenvalue weighted by molar-refractivity contribution is 5.79. The van der Waals surface area contributed by atoms with E-state index < -0.39 is 0 Å². The molecule has 16 heavy (non-hydrogen) atoms. The summed E-state index contributed by atoms with van der Waals surface area (Å²) in [5, 5.41) is 0. The Kier molecular flexibility index (Phi) is 4.22. The Morgan fingerprint density at radius 3 is 2.19 bits per heavy atom. The van der Waals surface area contributed by atoms with Gasteiger partial charge in [-0.1, -0.05) is 19.3 Å². The van der Waals surface area contributed by atoms with E-state index in [0.717, 1.165) is 32.4 Å². The summed E-state index contributed by atoms with van der Waals surface area (Å²) in [6.45, 7) is 1.95. The van der Waals surface area contributed by atoms with Crippen molar-refractivity contribution in [3.8, 4) is 0 Å². The van der Waals surface area contributed by atoms with Gasteiger partial charge in [-0.05, 0) is 32.1 Å². The van der Waals surface area contributed by atoms with Crippen molar-refractivity contribution in [1.82, 2.24) is 4.90 Å². The molecule has 1 aliphatic heterocycles. The van der Waals surface area contributed by atoms with Crippen molar-refractivity contribution in [2.45, 2.75) is 57.4 Å². The Morgan fingerprint density at radius 1 is 1.00 bits per heavy atom. The van der Waals surface area contributed by atoms with Crippen LogP contribution in [0.2, 0.25) is 0 Å². The molecule has 1 heterocycles. The van der Waals surface area contributed by atoms with Crippen molar-refractivity contribution >= 4 is 5.91 Å². The van der Waals surface area contributed by atoms with E-state index in [1.807, 2.05) is 0 Å². The van der Waals surface area contributed by atoms with Gasteiger partial charge in [-0.25, -0.2) is 0 Å². The van der Waals surface area contributed by atoms with E-state index in [9.17, 15) is 4.79 Å². The normalized spacial score (nSPS) is 32.2. The number of carbonyl (C=O) groups is 1. The van der Waals surface area contributed by atoms with Gasteiger partial charge in [0.25, 0.3) is 0 Å². The molecule has 1 aliphatic carbocycles. The smallest absolute Gasteiger partial charge is 0.225 e. The zero-order chi connectivity index (χ0) is 11.4. The minimum absolute atomic E-state index is 0.231. The number of amides is 1. The molecule has 1 amide bonds. The van der Waals surface area contributed by atoms with Crippen molar-refractivity contribution in [2.75, 3.05) is 13.1 Å². The number of rotatable bonds is 1. The second-order valence-electron chi connectivity index (χ2n) is 5.36. The maximum Gasteiger partial charge on any atom is 0.225 e. The van der Waals surface area contributed by atoms with Gasteiger partial charge in [0.05, 0.1) is 0 Å². The first-order valence-electron chi connectivity index (χ1n) is 6.82. The number of nitrogens with two attached hydrogens (primary N) is 1. The van der Waals surface area contributed by atoms with Gasteiger partial charge in [-0.2, -0.15) is 0 Å². The molecule has 0 aromatic carbocycles. The molecule has 2 N–H and O–H groups in total. The van der Waals surface area contributed by atoms with Gasteiger partial charge in [-0.15, -0.1) is 0 Å². The van der Waals surface area contributed by atoms with Crippen molar-refractivity contribution < 1.29 is 4.79 Å². The molecular formula is C13H24N2O. The first kappa shape index (κ1) is 11.9. The third-order valence-electron chi connectivity index (χ3n) is 3.99. The average molecular weight is 224 g/mol. The molecule has 1 saturated carbocycles. The van der Waals surface area contributed by atoms with Gasteiger partial charge in [0.1, 0.15) is 0 Å². The third-order valence-corrected chi connectivity index (χ3v) is 3.99. The van der Waals surface area contributed by atoms with E-state index >= 15 is 0 Å². The zero-order valence-electron chi connectivity index (χ0n) is 10.2. The van der Waals surface area contributed by atoms with Crippen LogP contribution < -0.4 is 5.73 Å². The van der Waals surface area contributed by atoms with E-state index in [-0.39, 0.29) is 12.0 Å². The number of hydrogen-bond donors (Lipinski definition) is 1. The molecule has 92 valence electrons. The van der Waals surface area contributed by atoms with Crippen LogP contribution in [0.15, 0.2) is 0 Å². The highest BCUT2D eigenvalue weighted by Crippen LogP contribution is 2.26. The van der Waals surface area contributed by atoms with E-state index in [0.29, 0.717) is 5.91 Å². The van der Waals surface area contributed by atoms with Crippen molar-refractivity contribution in [3.63, 3.8) is 0 Å². The van der Waals surface area contributed by atoms with Crippen LogP contribution in [0.3, 0.4) is 0 Å². The summed E-state index contributed by atoms with van der Waals surface area (Å²) in [5.74, 6) is 0.615. The molecule has 2 aliphatic rings. The van der Waals surface area contributed by atoms with Gasteiger partial charge in [0, 0.05) is 25.0 Å². The molecule has 0 radical (unpaired) electrons. The van der Waals surface area contributed by atoms with Gasteiger partial charge in [0.2, 0.25) is 5.91 Å². The number of likely N-dealkylation sites (tertiary alicyclic amines) is 1. The van der Waals surface area contributed by atoms with E-state index in [1.54, 1.807) is 0 Å². The van der Waals surface area contributed by atoms with E-state index in [1.165, 1.54) is 32.1 Å². The second kappa shape index (κ2) is 5.67. The summed E-state index contributed by atoms with van der Waals surface area (Å²) in [6, 6.07) is 0.267. The van der Waals surface area contributed by atoms with Gasteiger partial charge in [0.15, 0.2) is 0 Å². The molecule has 2 atom stereocenters. The Labute approximate surface area is 98.4 Å². The highest BCUT2D eigenvalue weighted by Gasteiger charge is 2.30. The lowest BCUT2D eigenvalue weighted by atomic mass is 10.0. The SMILES string of the molecule is NC1CCC(C(=O)N2CCCCCCC2)C1. The van der Waals surface area contributed by atoms with Crippen LogP contribution in [0.25, 0.3) is 0 Å². The predicted molar refractivity (Wildman–Crippen MR) is 65.0 cm³/mol. The fourth-order valence-corrected chi connectivity index (χ4v) is 2.97. The molecule has 0 bridgehead atoms. The van der Waals surface area contributed by atoms with Crippen LogP contribution in [-0.2, 0) is 4.79 Å². The van der Waals surface area contributed by atoms with Crippen LogP contribution in [0.5, 0.6) is 0 Å². The molecule has 1 saturated heterocycles. The molecule has 0 aromatic heterocycles. The predicted octanol–water partition coefficient (Wildman–Crippen LogP) is 1.91. The minimum Gasteiger partial charge on any atom is -0.342 e. The molecule has 0 aromatic rings. The topological polar surface area (TPSA) is 46.3 Å². The van der Waals surface area contributed by atoms with Crippen LogP contribution in [-0.4, -0.2) is 29.9 Å². The summed E-state index contributed by atoms with van der Waals surface area (Å²) in [7, 11) is 0. The monoisotopic (exact) mass is 224 g/mol. The summed E-state index contributed by atoms with van der Waals surface area (Å²) in [5.41, 5.74) is 5.88. The molecule has 3 heteroatoms. The Morgan fingerprint density at radius 2 is 1.62 bits per heavy atom. The Hall–Kier alpha value is -0.570. The van der Waals surface area contributed by atoms with Crippen molar-refractivity contribution in [1.29, 1.82) is 0 Å². The molecule has 2 unspecified atom stereocenters. The number of hydrogen-bond acceptors (Lipinski definition) is 2. The van der Waals surface area contributed by atoms with Crippen molar-refractivity contribution in [2.24, 2.45) is 11.7 Å². The van der Waals surface area contributed by atoms with Gasteiger partial charge in [-0.3, -0.25) is 4.79 Å². The second-order valence-corrected chi connectivity index (χ2v) is 5.36. The van der Waals surface area contributed by atoms with Gasteiger partial charge >= 0.3 is 0 Å². The third kappa shape index (κ3) is 2.97. The van der Waals surface area contributed by atoms with Crippen LogP contribution in [0.1, 0.15) is 51.4 Å². The lowest BCUT2D eigenvalue weighted by Crippen LogP contribution is -2.38. The fourth-order valence-electron chi connectivity index (χ4n) is 2.97. The summed E-state index contributed by atoms with van der Waals surface area (Å²) >= 11 is 0. The quantitative estimate of drug-likeness (QED) is 0.739. The van der Waals surface area contributed by atoms with E-state index in [4.69, 9.17) is 5.73 Å². The van der Waals surface area contributed by atoms with Crippen molar-refractivity contribution in [3.05, 3.63) is 0 Å². The maximum absolute atomic E-state index is 12.3. The first-order valence-corrected chi connectivity index (χ1v) is 6.82. The fraction of sp³-hybridized carbons (Fsp3) is 0.923. The molecule has 3 nitrogen and oxygen atoms in total. The minimum atomic E-state index is 0.231. The largest absolute Gasteiger partial charge is 0.342 e. The van der Waals surface area contributed by atoms with E-state index in [2.05, 4.69) is 4.90 Å². The summed E-state index contributed by atoms with van der Waals surface area (Å²) in [6.07, 6.45) is 9.24. The Balaban J connectivity index is 1.86. The summed E-state index contributed by atoms with van der Waals surface area (Å²) in [4.78, 5) is 14.4. The van der Waals surface area contributed by atoms with Crippen LogP contribution in [0, 0.1) is 5.92 Å². The zero-order valence-corrected chi connectivity index (χ0v) is 10.2. The van der Waals surface area contributed by atoms with Crippen LogP contribution in [0.4, 0.5) is 0 Å². The molecular weight excluding hydrogens is 200 g/mol. The molecule has 0 spiro atoms.